The van der Waals surface area contributed by atoms with E-state index in [1.54, 1.807) is 0 Å². The van der Waals surface area contributed by atoms with Gasteiger partial charge in [0.25, 0.3) is 0 Å². The van der Waals surface area contributed by atoms with Crippen molar-refractivity contribution in [3.05, 3.63) is 111 Å². The van der Waals surface area contributed by atoms with Gasteiger partial charge in [-0.25, -0.2) is 0 Å². The maximum absolute atomic E-state index is 6.32. The second kappa shape index (κ2) is 10.8. The lowest BCUT2D eigenvalue weighted by Crippen LogP contribution is -2.33. The van der Waals surface area contributed by atoms with Gasteiger partial charge in [0.15, 0.2) is 0 Å². The Kier molecular flexibility index (Phi) is 7.85. The fraction of sp³-hybridized carbons (Fsp3) is 0.351. The van der Waals surface area contributed by atoms with Crippen LogP contribution in [0.15, 0.2) is 83.3 Å². The molecule has 0 aliphatic heterocycles. The fourth-order valence-corrected chi connectivity index (χ4v) is 6.59. The van der Waals surface area contributed by atoms with Gasteiger partial charge in [-0.1, -0.05) is 78.3 Å². The van der Waals surface area contributed by atoms with E-state index < -0.39 is 0 Å². The lowest BCUT2D eigenvalue weighted by Gasteiger charge is -2.42. The molecule has 0 bridgehead atoms. The molecule has 41 heavy (non-hydrogen) atoms. The molecule has 0 radical (unpaired) electrons. The molecule has 0 saturated carbocycles. The number of benzene rings is 4. The van der Waals surface area contributed by atoms with Gasteiger partial charge in [-0.15, -0.1) is 0 Å². The van der Waals surface area contributed by atoms with Gasteiger partial charge in [0.05, 0.1) is 15.8 Å². The summed E-state index contributed by atoms with van der Waals surface area (Å²) in [6.07, 6.45) is 2.40. The lowest BCUT2D eigenvalue weighted by atomic mass is 9.63. The molecule has 4 aromatic carbocycles. The molecule has 0 amide bonds. The zero-order valence-electron chi connectivity index (χ0n) is 25.6. The van der Waals surface area contributed by atoms with Crippen molar-refractivity contribution in [1.29, 1.82) is 0 Å². The summed E-state index contributed by atoms with van der Waals surface area (Å²) < 4.78 is 1.01. The molecule has 5 rings (SSSR count). The van der Waals surface area contributed by atoms with Crippen LogP contribution in [0.25, 0.3) is 0 Å². The van der Waals surface area contributed by atoms with E-state index in [2.05, 4.69) is 148 Å². The van der Waals surface area contributed by atoms with E-state index in [-0.39, 0.29) is 16.2 Å². The van der Waals surface area contributed by atoms with E-state index in [4.69, 9.17) is 11.6 Å². The average molecular weight is 630 g/mol. The first-order chi connectivity index (χ1) is 19.2. The van der Waals surface area contributed by atoms with Crippen LogP contribution in [-0.2, 0) is 16.2 Å². The molecule has 214 valence electrons. The molecule has 0 unspecified atom stereocenters. The Morgan fingerprint density at radius 2 is 1.44 bits per heavy atom. The van der Waals surface area contributed by atoms with Crippen LogP contribution in [0.4, 0.5) is 28.4 Å². The molecular weight excluding hydrogens is 588 g/mol. The van der Waals surface area contributed by atoms with Crippen LogP contribution in [0, 0.1) is 6.92 Å². The number of anilines is 5. The second-order valence-electron chi connectivity index (χ2n) is 13.9. The first kappa shape index (κ1) is 29.7. The molecule has 4 heteroatoms. The largest absolute Gasteiger partial charge is 0.355 e. The second-order valence-corrected chi connectivity index (χ2v) is 15.1. The highest BCUT2D eigenvalue weighted by Gasteiger charge is 2.37. The summed E-state index contributed by atoms with van der Waals surface area (Å²) in [7, 11) is 0. The third-order valence-corrected chi connectivity index (χ3v) is 9.71. The molecule has 0 aromatic heterocycles. The number of aryl methyl sites for hydroxylation is 1. The summed E-state index contributed by atoms with van der Waals surface area (Å²) in [5.74, 6) is 0. The normalized spacial score (nSPS) is 15.8. The van der Waals surface area contributed by atoms with Crippen molar-refractivity contribution in [1.82, 2.24) is 0 Å². The third kappa shape index (κ3) is 6.08. The third-order valence-electron chi connectivity index (χ3n) is 8.63. The van der Waals surface area contributed by atoms with Crippen LogP contribution in [0.5, 0.6) is 0 Å². The van der Waals surface area contributed by atoms with Crippen molar-refractivity contribution in [3.63, 3.8) is 0 Å². The predicted octanol–water partition coefficient (Wildman–Crippen LogP) is 12.3. The van der Waals surface area contributed by atoms with Gasteiger partial charge in [0.2, 0.25) is 0 Å². The first-order valence-electron chi connectivity index (χ1n) is 14.5. The van der Waals surface area contributed by atoms with Crippen molar-refractivity contribution in [3.8, 4) is 0 Å². The number of nitrogens with zero attached hydrogens (tertiary/aromatic N) is 1. The Hall–Kier alpha value is -2.75. The highest BCUT2D eigenvalue weighted by Crippen LogP contribution is 2.48. The molecule has 1 aliphatic rings. The molecule has 1 aliphatic carbocycles. The molecule has 0 spiro atoms. The van der Waals surface area contributed by atoms with Crippen molar-refractivity contribution in [2.24, 2.45) is 0 Å². The number of rotatable bonds is 5. The van der Waals surface area contributed by atoms with Gasteiger partial charge in [0, 0.05) is 22.1 Å². The molecule has 0 atom stereocenters. The number of nitrogens with one attached hydrogen (secondary N) is 1. The van der Waals surface area contributed by atoms with E-state index in [1.165, 1.54) is 35.1 Å². The van der Waals surface area contributed by atoms with Crippen LogP contribution in [-0.4, -0.2) is 0 Å². The van der Waals surface area contributed by atoms with E-state index in [1.807, 2.05) is 12.1 Å². The topological polar surface area (TPSA) is 15.3 Å². The fourth-order valence-electron chi connectivity index (χ4n) is 5.95. The van der Waals surface area contributed by atoms with E-state index >= 15 is 0 Å². The number of hydrogen-bond donors (Lipinski definition) is 1. The maximum atomic E-state index is 6.32. The summed E-state index contributed by atoms with van der Waals surface area (Å²) >= 11 is 10.3. The quantitative estimate of drug-likeness (QED) is 0.236. The van der Waals surface area contributed by atoms with Crippen LogP contribution in [0.2, 0.25) is 5.02 Å². The Labute approximate surface area is 260 Å². The van der Waals surface area contributed by atoms with Gasteiger partial charge in [-0.05, 0) is 135 Å². The summed E-state index contributed by atoms with van der Waals surface area (Å²) in [6, 6.07) is 28.3. The van der Waals surface area contributed by atoms with Crippen LogP contribution < -0.4 is 10.2 Å². The van der Waals surface area contributed by atoms with Crippen LogP contribution in [0.3, 0.4) is 0 Å². The maximum Gasteiger partial charge on any atom is 0.0651 e. The highest BCUT2D eigenvalue weighted by molar-refractivity contribution is 9.10. The molecule has 0 fully saturated rings. The Bertz CT molecular complexity index is 1580. The van der Waals surface area contributed by atoms with Gasteiger partial charge in [-0.2, -0.15) is 0 Å². The SMILES string of the molecule is Cc1cc(Nc2ccc3c(c2)C(C)(C)CCC3(C)C)c(Br)c(N(c2ccc(Cl)cc2)c2cccc(C(C)(C)C)c2)c1. The van der Waals surface area contributed by atoms with Gasteiger partial charge in [0.1, 0.15) is 0 Å². The first-order valence-corrected chi connectivity index (χ1v) is 15.7. The minimum Gasteiger partial charge on any atom is -0.355 e. The Balaban J connectivity index is 1.62. The van der Waals surface area contributed by atoms with Crippen LogP contribution >= 0.6 is 27.5 Å². The van der Waals surface area contributed by atoms with Crippen molar-refractivity contribution in [2.45, 2.75) is 84.5 Å². The molecule has 0 saturated heterocycles. The zero-order chi connectivity index (χ0) is 29.7. The molecule has 2 nitrogen and oxygen atoms in total. The summed E-state index contributed by atoms with van der Waals surface area (Å²) in [4.78, 5) is 2.31. The Morgan fingerprint density at radius 1 is 0.780 bits per heavy atom. The Morgan fingerprint density at radius 3 is 2.10 bits per heavy atom. The van der Waals surface area contributed by atoms with Crippen molar-refractivity contribution >= 4 is 56.0 Å². The molecule has 4 aromatic rings. The smallest absolute Gasteiger partial charge is 0.0651 e. The number of hydrogen-bond acceptors (Lipinski definition) is 2. The average Bonchev–Trinajstić information content (AvgIpc) is 2.90. The van der Waals surface area contributed by atoms with E-state index in [9.17, 15) is 0 Å². The summed E-state index contributed by atoms with van der Waals surface area (Å²) in [5.41, 5.74) is 11.1. The van der Waals surface area contributed by atoms with E-state index in [0.717, 1.165) is 37.9 Å². The monoisotopic (exact) mass is 628 g/mol. The minimum atomic E-state index is 0.0347. The lowest BCUT2D eigenvalue weighted by molar-refractivity contribution is 0.332. The minimum absolute atomic E-state index is 0.0347. The number of fused-ring (bicyclic) bond motifs is 1. The van der Waals surface area contributed by atoms with Crippen molar-refractivity contribution in [2.75, 3.05) is 10.2 Å². The predicted molar refractivity (Wildman–Crippen MR) is 182 cm³/mol. The van der Waals surface area contributed by atoms with Gasteiger partial charge in [-0.3, -0.25) is 0 Å². The standard InChI is InChI=1S/C37H42BrClN2/c1-24-20-32(40-27-14-17-30-31(23-27)37(7,8)19-18-36(30,5)6)34(38)33(21-24)41(28-15-12-26(39)13-16-28)29-11-9-10-25(22-29)35(2,3)4/h9-17,20-23,40H,18-19H2,1-8H3. The molecule has 1 N–H and O–H groups in total. The van der Waals surface area contributed by atoms with E-state index in [0.29, 0.717) is 0 Å². The van der Waals surface area contributed by atoms with Gasteiger partial charge >= 0.3 is 0 Å². The zero-order valence-corrected chi connectivity index (χ0v) is 28.0. The van der Waals surface area contributed by atoms with Crippen molar-refractivity contribution < 1.29 is 0 Å². The molecular formula is C37H42BrClN2. The highest BCUT2D eigenvalue weighted by atomic mass is 79.9. The number of halogens is 2. The summed E-state index contributed by atoms with van der Waals surface area (Å²) in [6.45, 7) is 18.4. The summed E-state index contributed by atoms with van der Waals surface area (Å²) in [5, 5.41) is 4.50. The molecule has 0 heterocycles. The van der Waals surface area contributed by atoms with Gasteiger partial charge < -0.3 is 10.2 Å². The van der Waals surface area contributed by atoms with Crippen LogP contribution in [0.1, 0.15) is 83.6 Å².